The smallest absolute Gasteiger partial charge is 0.262 e. The number of methoxy groups -OCH3 is 2. The van der Waals surface area contributed by atoms with Gasteiger partial charge in [0.15, 0.2) is 0 Å². The SMILES string of the molecule is COCCN(CC(=O)N1N=C(c2cccs2)CC1c1ccc(C)cc1)C(=O)c1ccc(OC)cc1. The minimum Gasteiger partial charge on any atom is -0.497 e. The van der Waals surface area contributed by atoms with Crippen LogP contribution in [0.15, 0.2) is 71.1 Å². The minimum absolute atomic E-state index is 0.0994. The second-order valence-corrected chi connectivity index (χ2v) is 9.29. The summed E-state index contributed by atoms with van der Waals surface area (Å²) in [5.41, 5.74) is 3.53. The lowest BCUT2D eigenvalue weighted by Crippen LogP contribution is -2.42. The number of rotatable bonds is 9. The van der Waals surface area contributed by atoms with Gasteiger partial charge in [0.1, 0.15) is 12.3 Å². The Morgan fingerprint density at radius 2 is 1.83 bits per heavy atom. The van der Waals surface area contributed by atoms with Crippen molar-refractivity contribution in [2.24, 2.45) is 5.10 Å². The van der Waals surface area contributed by atoms with Crippen LogP contribution < -0.4 is 4.74 Å². The number of thiophene rings is 1. The molecule has 4 rings (SSSR count). The Labute approximate surface area is 209 Å². The molecule has 1 aromatic heterocycles. The topological polar surface area (TPSA) is 71.4 Å². The molecule has 182 valence electrons. The van der Waals surface area contributed by atoms with Crippen LogP contribution in [0.2, 0.25) is 0 Å². The molecule has 0 spiro atoms. The van der Waals surface area contributed by atoms with Crippen molar-refractivity contribution in [3.8, 4) is 5.75 Å². The summed E-state index contributed by atoms with van der Waals surface area (Å²) >= 11 is 1.60. The zero-order valence-corrected chi connectivity index (χ0v) is 21.0. The van der Waals surface area contributed by atoms with Gasteiger partial charge in [-0.15, -0.1) is 11.3 Å². The maximum Gasteiger partial charge on any atom is 0.262 e. The van der Waals surface area contributed by atoms with E-state index >= 15 is 0 Å². The molecule has 8 heteroatoms. The van der Waals surface area contributed by atoms with Crippen LogP contribution in [-0.2, 0) is 9.53 Å². The molecule has 0 aliphatic carbocycles. The highest BCUT2D eigenvalue weighted by Gasteiger charge is 2.34. The average molecular weight is 492 g/mol. The molecule has 0 radical (unpaired) electrons. The average Bonchev–Trinajstić information content (AvgIpc) is 3.57. The Morgan fingerprint density at radius 3 is 2.46 bits per heavy atom. The normalized spacial score (nSPS) is 15.1. The van der Waals surface area contributed by atoms with E-state index in [2.05, 4.69) is 0 Å². The Bertz CT molecular complexity index is 1170. The third kappa shape index (κ3) is 5.78. The number of hydrazone groups is 1. The third-order valence-corrected chi connectivity index (χ3v) is 6.87. The highest BCUT2D eigenvalue weighted by atomic mass is 32.1. The summed E-state index contributed by atoms with van der Waals surface area (Å²) in [5, 5.41) is 8.27. The van der Waals surface area contributed by atoms with Crippen molar-refractivity contribution in [1.29, 1.82) is 0 Å². The third-order valence-electron chi connectivity index (χ3n) is 5.95. The van der Waals surface area contributed by atoms with Gasteiger partial charge < -0.3 is 14.4 Å². The molecule has 0 N–H and O–H groups in total. The van der Waals surface area contributed by atoms with Gasteiger partial charge in [-0.2, -0.15) is 5.10 Å². The second kappa shape index (κ2) is 11.3. The van der Waals surface area contributed by atoms with Gasteiger partial charge in [0.05, 0.1) is 30.3 Å². The maximum atomic E-state index is 13.6. The number of benzene rings is 2. The summed E-state index contributed by atoms with van der Waals surface area (Å²) in [6.45, 7) is 2.54. The van der Waals surface area contributed by atoms with Crippen molar-refractivity contribution >= 4 is 28.9 Å². The van der Waals surface area contributed by atoms with E-state index in [4.69, 9.17) is 14.6 Å². The summed E-state index contributed by atoms with van der Waals surface area (Å²) in [6.07, 6.45) is 0.625. The maximum absolute atomic E-state index is 13.6. The molecule has 7 nitrogen and oxygen atoms in total. The van der Waals surface area contributed by atoms with E-state index in [0.717, 1.165) is 21.7 Å². The molecule has 1 aliphatic rings. The highest BCUT2D eigenvalue weighted by Crippen LogP contribution is 2.34. The summed E-state index contributed by atoms with van der Waals surface area (Å²) < 4.78 is 10.4. The number of amides is 2. The van der Waals surface area contributed by atoms with E-state index in [-0.39, 0.29) is 30.9 Å². The number of hydrogen-bond donors (Lipinski definition) is 0. The molecule has 0 bridgehead atoms. The van der Waals surface area contributed by atoms with Crippen molar-refractivity contribution in [2.75, 3.05) is 33.9 Å². The van der Waals surface area contributed by atoms with Crippen LogP contribution in [-0.4, -0.2) is 61.4 Å². The molecule has 1 aliphatic heterocycles. The fraction of sp³-hybridized carbons (Fsp3) is 0.296. The van der Waals surface area contributed by atoms with Gasteiger partial charge in [0.2, 0.25) is 0 Å². The van der Waals surface area contributed by atoms with Crippen molar-refractivity contribution in [1.82, 2.24) is 9.91 Å². The Kier molecular flexibility index (Phi) is 7.94. The molecule has 2 aromatic carbocycles. The van der Waals surface area contributed by atoms with Crippen molar-refractivity contribution < 1.29 is 19.1 Å². The number of ether oxygens (including phenoxy) is 2. The number of carbonyl (C=O) groups excluding carboxylic acids is 2. The number of aryl methyl sites for hydroxylation is 1. The summed E-state index contributed by atoms with van der Waals surface area (Å²) in [6, 6.07) is 18.8. The lowest BCUT2D eigenvalue weighted by atomic mass is 10.00. The van der Waals surface area contributed by atoms with Gasteiger partial charge >= 0.3 is 0 Å². The zero-order chi connectivity index (χ0) is 24.8. The monoisotopic (exact) mass is 491 g/mol. The van der Waals surface area contributed by atoms with Crippen LogP contribution in [0.1, 0.15) is 38.8 Å². The predicted octanol–water partition coefficient (Wildman–Crippen LogP) is 4.53. The first kappa shape index (κ1) is 24.6. The molecule has 3 aromatic rings. The summed E-state index contributed by atoms with van der Waals surface area (Å²) in [5.74, 6) is 0.182. The Balaban J connectivity index is 1.59. The van der Waals surface area contributed by atoms with Crippen molar-refractivity contribution in [2.45, 2.75) is 19.4 Å². The van der Waals surface area contributed by atoms with E-state index in [0.29, 0.717) is 24.3 Å². The van der Waals surface area contributed by atoms with Gasteiger partial charge in [-0.05, 0) is 48.2 Å². The van der Waals surface area contributed by atoms with Crippen LogP contribution in [0.4, 0.5) is 0 Å². The Morgan fingerprint density at radius 1 is 1.09 bits per heavy atom. The summed E-state index contributed by atoms with van der Waals surface area (Å²) in [4.78, 5) is 29.4. The van der Waals surface area contributed by atoms with Gasteiger partial charge in [-0.3, -0.25) is 9.59 Å². The molecular weight excluding hydrogens is 462 g/mol. The van der Waals surface area contributed by atoms with E-state index in [1.807, 2.05) is 48.7 Å². The number of carbonyl (C=O) groups is 2. The van der Waals surface area contributed by atoms with Gasteiger partial charge in [0, 0.05) is 25.6 Å². The number of hydrogen-bond acceptors (Lipinski definition) is 6. The standard InChI is InChI=1S/C27H29N3O4S/c1-19-6-8-20(9-7-19)24-17-23(25-5-4-16-35-25)28-30(24)26(31)18-29(14-15-33-2)27(32)21-10-12-22(34-3)13-11-21/h4-13,16,24H,14-15,17-18H2,1-3H3. The van der Waals surface area contributed by atoms with Gasteiger partial charge in [-0.25, -0.2) is 5.01 Å². The fourth-order valence-electron chi connectivity index (χ4n) is 3.99. The minimum atomic E-state index is -0.244. The molecular formula is C27H29N3O4S. The van der Waals surface area contributed by atoms with Crippen LogP contribution in [0.3, 0.4) is 0 Å². The molecule has 35 heavy (non-hydrogen) atoms. The van der Waals surface area contributed by atoms with E-state index in [9.17, 15) is 9.59 Å². The molecule has 1 atom stereocenters. The second-order valence-electron chi connectivity index (χ2n) is 8.34. The molecule has 0 fully saturated rings. The summed E-state index contributed by atoms with van der Waals surface area (Å²) in [7, 11) is 3.15. The highest BCUT2D eigenvalue weighted by molar-refractivity contribution is 7.12. The first-order valence-corrected chi connectivity index (χ1v) is 12.3. The van der Waals surface area contributed by atoms with Gasteiger partial charge in [0.25, 0.3) is 11.8 Å². The van der Waals surface area contributed by atoms with E-state index in [1.54, 1.807) is 54.8 Å². The fourth-order valence-corrected chi connectivity index (χ4v) is 4.71. The quantitative estimate of drug-likeness (QED) is 0.441. The van der Waals surface area contributed by atoms with E-state index < -0.39 is 0 Å². The van der Waals surface area contributed by atoms with Crippen LogP contribution >= 0.6 is 11.3 Å². The van der Waals surface area contributed by atoms with Crippen molar-refractivity contribution in [3.63, 3.8) is 0 Å². The largest absolute Gasteiger partial charge is 0.497 e. The molecule has 1 unspecified atom stereocenters. The molecule has 2 amide bonds. The first-order chi connectivity index (χ1) is 17.0. The number of nitrogens with zero attached hydrogens (tertiary/aromatic N) is 3. The lowest BCUT2D eigenvalue weighted by Gasteiger charge is -2.27. The molecule has 0 saturated heterocycles. The first-order valence-electron chi connectivity index (χ1n) is 11.4. The van der Waals surface area contributed by atoms with Crippen LogP contribution in [0.25, 0.3) is 0 Å². The van der Waals surface area contributed by atoms with Crippen molar-refractivity contribution in [3.05, 3.63) is 87.6 Å². The van der Waals surface area contributed by atoms with Gasteiger partial charge in [-0.1, -0.05) is 35.9 Å². The Hall–Kier alpha value is -3.49. The molecule has 2 heterocycles. The predicted molar refractivity (Wildman–Crippen MR) is 137 cm³/mol. The molecule has 0 saturated carbocycles. The van der Waals surface area contributed by atoms with Crippen LogP contribution in [0.5, 0.6) is 5.75 Å². The lowest BCUT2D eigenvalue weighted by molar-refractivity contribution is -0.133. The van der Waals surface area contributed by atoms with E-state index in [1.165, 1.54) is 4.90 Å². The van der Waals surface area contributed by atoms with Crippen LogP contribution in [0, 0.1) is 6.92 Å². The zero-order valence-electron chi connectivity index (χ0n) is 20.1.